The van der Waals surface area contributed by atoms with Gasteiger partial charge in [0.05, 0.1) is 6.04 Å². The van der Waals surface area contributed by atoms with Gasteiger partial charge in [-0.25, -0.2) is 4.39 Å². The van der Waals surface area contributed by atoms with Crippen molar-refractivity contribution in [3.63, 3.8) is 0 Å². The van der Waals surface area contributed by atoms with E-state index in [1.807, 2.05) is 28.0 Å². The molecule has 1 fully saturated rings. The number of ether oxygens (including phenoxy) is 1. The van der Waals surface area contributed by atoms with Crippen molar-refractivity contribution in [1.29, 1.82) is 0 Å². The Morgan fingerprint density at radius 1 is 1.03 bits per heavy atom. The third-order valence-corrected chi connectivity index (χ3v) is 6.58. The van der Waals surface area contributed by atoms with E-state index in [1.165, 1.54) is 12.1 Å². The van der Waals surface area contributed by atoms with Gasteiger partial charge in [0.25, 0.3) is 5.91 Å². The van der Waals surface area contributed by atoms with Gasteiger partial charge in [0.1, 0.15) is 23.9 Å². The number of carbonyl (C=O) groups is 2. The van der Waals surface area contributed by atoms with E-state index in [-0.39, 0.29) is 30.3 Å². The van der Waals surface area contributed by atoms with Gasteiger partial charge in [-0.15, -0.1) is 0 Å². The van der Waals surface area contributed by atoms with Crippen molar-refractivity contribution in [1.82, 2.24) is 9.80 Å². The molecule has 2 aromatic carbocycles. The molecule has 0 radical (unpaired) electrons. The molecule has 0 aliphatic carbocycles. The third kappa shape index (κ3) is 4.42. The van der Waals surface area contributed by atoms with Crippen LogP contribution in [0, 0.1) is 5.82 Å². The number of nitrogens with zero attached hydrogens (tertiary/aromatic N) is 2. The second-order valence-corrected chi connectivity index (χ2v) is 8.83. The second-order valence-electron chi connectivity index (χ2n) is 8.83. The number of likely N-dealkylation sites (tertiary alicyclic amines) is 1. The molecule has 0 spiro atoms. The zero-order chi connectivity index (χ0) is 23.7. The van der Waals surface area contributed by atoms with Crippen molar-refractivity contribution in [2.75, 3.05) is 19.6 Å². The van der Waals surface area contributed by atoms with Crippen LogP contribution < -0.4 is 4.74 Å². The second kappa shape index (κ2) is 9.33. The fraction of sp³-hybridized carbons (Fsp3) is 0.333. The van der Waals surface area contributed by atoms with Crippen molar-refractivity contribution in [3.05, 3.63) is 88.6 Å². The van der Waals surface area contributed by atoms with Crippen molar-refractivity contribution in [2.45, 2.75) is 38.8 Å². The molecule has 1 atom stereocenters. The first-order valence-corrected chi connectivity index (χ1v) is 11.7. The molecule has 0 saturated carbocycles. The molecule has 0 N–H and O–H groups in total. The number of furan rings is 1. The summed E-state index contributed by atoms with van der Waals surface area (Å²) in [5.41, 5.74) is 2.95. The highest BCUT2D eigenvalue weighted by Gasteiger charge is 2.31. The van der Waals surface area contributed by atoms with Crippen LogP contribution in [0.25, 0.3) is 0 Å². The molecule has 176 valence electrons. The number of carbonyl (C=O) groups excluding carboxylic acids is 2. The Morgan fingerprint density at radius 2 is 1.79 bits per heavy atom. The highest BCUT2D eigenvalue weighted by molar-refractivity contribution is 5.91. The fourth-order valence-electron chi connectivity index (χ4n) is 4.83. The lowest BCUT2D eigenvalue weighted by Crippen LogP contribution is -2.39. The van der Waals surface area contributed by atoms with Gasteiger partial charge in [0.2, 0.25) is 5.91 Å². The number of fused-ring (bicyclic) bond motifs is 1. The lowest BCUT2D eigenvalue weighted by molar-refractivity contribution is -0.130. The molecule has 6 nitrogen and oxygen atoms in total. The normalized spacial score (nSPS) is 17.5. The maximum Gasteiger partial charge on any atom is 0.289 e. The van der Waals surface area contributed by atoms with Gasteiger partial charge >= 0.3 is 0 Å². The summed E-state index contributed by atoms with van der Waals surface area (Å²) in [5, 5.41) is 0. The molecule has 2 aliphatic rings. The van der Waals surface area contributed by atoms with Crippen LogP contribution in [0.2, 0.25) is 0 Å². The monoisotopic (exact) mass is 462 g/mol. The van der Waals surface area contributed by atoms with E-state index in [1.54, 1.807) is 31.2 Å². The summed E-state index contributed by atoms with van der Waals surface area (Å²) in [4.78, 5) is 28.5. The Kier molecular flexibility index (Phi) is 6.09. The molecule has 7 heteroatoms. The quantitative estimate of drug-likeness (QED) is 0.550. The van der Waals surface area contributed by atoms with Crippen LogP contribution in [0.4, 0.5) is 4.39 Å². The van der Waals surface area contributed by atoms with E-state index in [0.717, 1.165) is 49.0 Å². The van der Waals surface area contributed by atoms with Crippen LogP contribution in [0.5, 0.6) is 5.75 Å². The Balaban J connectivity index is 1.35. The molecular formula is C27H27FN2O4. The van der Waals surface area contributed by atoms with Crippen molar-refractivity contribution < 1.29 is 23.1 Å². The Labute approximate surface area is 197 Å². The summed E-state index contributed by atoms with van der Waals surface area (Å²) in [6.07, 6.45) is 2.80. The lowest BCUT2D eigenvalue weighted by Gasteiger charge is -2.37. The van der Waals surface area contributed by atoms with Gasteiger partial charge in [0, 0.05) is 26.6 Å². The Bertz CT molecular complexity index is 1200. The first-order valence-electron chi connectivity index (χ1n) is 11.7. The average molecular weight is 463 g/mol. The van der Waals surface area contributed by atoms with Crippen molar-refractivity contribution in [3.8, 4) is 5.75 Å². The molecular weight excluding hydrogens is 435 g/mol. The van der Waals surface area contributed by atoms with Crippen LogP contribution in [0.1, 0.15) is 58.8 Å². The SMILES string of the molecule is CC(=O)N1CCc2ccc(OCc3ccc(C(=O)N4CCCC4)o3)cc2[C@@H]1c1ccc(F)cc1. The summed E-state index contributed by atoms with van der Waals surface area (Å²) in [6, 6.07) is 15.3. The van der Waals surface area contributed by atoms with Gasteiger partial charge in [-0.2, -0.15) is 0 Å². The molecule has 1 saturated heterocycles. The lowest BCUT2D eigenvalue weighted by atomic mass is 9.88. The summed E-state index contributed by atoms with van der Waals surface area (Å²) in [5.74, 6) is 1.12. The van der Waals surface area contributed by atoms with E-state index in [2.05, 4.69) is 0 Å². The maximum atomic E-state index is 13.5. The molecule has 5 rings (SSSR count). The predicted octanol–water partition coefficient (Wildman–Crippen LogP) is 4.73. The molecule has 34 heavy (non-hydrogen) atoms. The van der Waals surface area contributed by atoms with Crippen molar-refractivity contribution in [2.24, 2.45) is 0 Å². The van der Waals surface area contributed by atoms with Crippen LogP contribution >= 0.6 is 0 Å². The number of benzene rings is 2. The topological polar surface area (TPSA) is 63.0 Å². The molecule has 2 amide bonds. The zero-order valence-corrected chi connectivity index (χ0v) is 19.1. The van der Waals surface area contributed by atoms with Crippen LogP contribution in [0.15, 0.2) is 59.0 Å². The van der Waals surface area contributed by atoms with Crippen LogP contribution in [-0.4, -0.2) is 41.2 Å². The van der Waals surface area contributed by atoms with Gasteiger partial charge in [-0.3, -0.25) is 9.59 Å². The number of hydrogen-bond donors (Lipinski definition) is 0. The minimum Gasteiger partial charge on any atom is -0.486 e. The van der Waals surface area contributed by atoms with Gasteiger partial charge in [-0.05, 0) is 72.4 Å². The molecule has 0 unspecified atom stereocenters. The molecule has 2 aliphatic heterocycles. The van der Waals surface area contributed by atoms with Crippen molar-refractivity contribution >= 4 is 11.8 Å². The first kappa shape index (κ1) is 22.2. The summed E-state index contributed by atoms with van der Waals surface area (Å²) >= 11 is 0. The Morgan fingerprint density at radius 3 is 2.53 bits per heavy atom. The minimum absolute atomic E-state index is 0.0305. The van der Waals surface area contributed by atoms with Gasteiger partial charge < -0.3 is 19.0 Å². The number of rotatable bonds is 5. The third-order valence-electron chi connectivity index (χ3n) is 6.58. The van der Waals surface area contributed by atoms with Gasteiger partial charge in [0.15, 0.2) is 5.76 Å². The molecule has 3 heterocycles. The van der Waals surface area contributed by atoms with E-state index in [4.69, 9.17) is 9.15 Å². The highest BCUT2D eigenvalue weighted by Crippen LogP contribution is 2.37. The number of halogens is 1. The summed E-state index contributed by atoms with van der Waals surface area (Å²) in [6.45, 7) is 3.88. The number of hydrogen-bond acceptors (Lipinski definition) is 4. The fourth-order valence-corrected chi connectivity index (χ4v) is 4.83. The molecule has 1 aromatic heterocycles. The summed E-state index contributed by atoms with van der Waals surface area (Å²) < 4.78 is 25.3. The zero-order valence-electron chi connectivity index (χ0n) is 19.1. The number of amides is 2. The first-order chi connectivity index (χ1) is 16.5. The van der Waals surface area contributed by atoms with E-state index >= 15 is 0 Å². The highest BCUT2D eigenvalue weighted by atomic mass is 19.1. The molecule has 0 bridgehead atoms. The standard InChI is InChI=1S/C27H27FN2O4/c1-18(31)30-15-12-19-6-9-22(16-24(19)26(30)20-4-7-21(28)8-5-20)33-17-23-10-11-25(34-23)27(32)29-13-2-3-14-29/h4-11,16,26H,2-3,12-15,17H2,1H3/t26-/m0/s1. The van der Waals surface area contributed by atoms with E-state index in [9.17, 15) is 14.0 Å². The summed E-state index contributed by atoms with van der Waals surface area (Å²) in [7, 11) is 0. The van der Waals surface area contributed by atoms with Crippen LogP contribution in [0.3, 0.4) is 0 Å². The average Bonchev–Trinajstić information content (AvgIpc) is 3.55. The van der Waals surface area contributed by atoms with E-state index < -0.39 is 0 Å². The largest absolute Gasteiger partial charge is 0.486 e. The van der Waals surface area contributed by atoms with Gasteiger partial charge in [-0.1, -0.05) is 18.2 Å². The predicted molar refractivity (Wildman–Crippen MR) is 124 cm³/mol. The van der Waals surface area contributed by atoms with Crippen LogP contribution in [-0.2, 0) is 17.8 Å². The Hall–Kier alpha value is -3.61. The maximum absolute atomic E-state index is 13.5. The van der Waals surface area contributed by atoms with E-state index in [0.29, 0.717) is 23.8 Å². The minimum atomic E-state index is -0.313. The molecule has 3 aromatic rings. The smallest absolute Gasteiger partial charge is 0.289 e.